The minimum Gasteiger partial charge on any atom is -0.497 e. The van der Waals surface area contributed by atoms with E-state index in [-0.39, 0.29) is 30.5 Å². The molecular weight excluding hydrogens is 358 g/mol. The van der Waals surface area contributed by atoms with E-state index >= 15 is 0 Å². The van der Waals surface area contributed by atoms with Crippen LogP contribution in [0.25, 0.3) is 0 Å². The SMILES string of the molecule is COc1ccc(CSCC(N)CCC(=O)OC2CCCCC2)cc1.Cl. The molecule has 1 aromatic carbocycles. The van der Waals surface area contributed by atoms with Crippen molar-refractivity contribution in [3.8, 4) is 5.75 Å². The Morgan fingerprint density at radius 3 is 2.56 bits per heavy atom. The molecule has 0 aliphatic heterocycles. The van der Waals surface area contributed by atoms with Crippen molar-refractivity contribution < 1.29 is 14.3 Å². The van der Waals surface area contributed by atoms with E-state index < -0.39 is 0 Å². The number of thioether (sulfide) groups is 1. The maximum atomic E-state index is 11.9. The van der Waals surface area contributed by atoms with Gasteiger partial charge in [0.1, 0.15) is 11.9 Å². The largest absolute Gasteiger partial charge is 0.497 e. The molecule has 0 amide bonds. The zero-order chi connectivity index (χ0) is 17.2. The number of halogens is 1. The Balaban J connectivity index is 0.00000312. The van der Waals surface area contributed by atoms with Crippen LogP contribution in [0.1, 0.15) is 50.5 Å². The van der Waals surface area contributed by atoms with Crippen LogP contribution < -0.4 is 10.5 Å². The molecular formula is C19H30ClNO3S. The predicted octanol–water partition coefficient (Wildman–Crippen LogP) is 4.33. The Bertz CT molecular complexity index is 492. The summed E-state index contributed by atoms with van der Waals surface area (Å²) in [5.41, 5.74) is 7.37. The van der Waals surface area contributed by atoms with Crippen LogP contribution in [0, 0.1) is 0 Å². The van der Waals surface area contributed by atoms with Crippen molar-refractivity contribution in [1.82, 2.24) is 0 Å². The van der Waals surface area contributed by atoms with Crippen LogP contribution in [-0.2, 0) is 15.3 Å². The van der Waals surface area contributed by atoms with Crippen molar-refractivity contribution in [2.24, 2.45) is 5.73 Å². The third kappa shape index (κ3) is 8.84. The maximum absolute atomic E-state index is 11.9. The number of carbonyl (C=O) groups is 1. The van der Waals surface area contributed by atoms with Crippen LogP contribution in [0.3, 0.4) is 0 Å². The van der Waals surface area contributed by atoms with E-state index in [0.717, 1.165) is 30.1 Å². The molecule has 0 saturated heterocycles. The molecule has 6 heteroatoms. The lowest BCUT2D eigenvalue weighted by molar-refractivity contribution is -0.150. The Kier molecular flexibility index (Phi) is 11.0. The van der Waals surface area contributed by atoms with Crippen LogP contribution in [0.15, 0.2) is 24.3 Å². The summed E-state index contributed by atoms with van der Waals surface area (Å²) in [7, 11) is 1.67. The summed E-state index contributed by atoms with van der Waals surface area (Å²) in [6, 6.07) is 8.11. The van der Waals surface area contributed by atoms with E-state index in [1.807, 2.05) is 12.1 Å². The van der Waals surface area contributed by atoms with Gasteiger partial charge in [0.05, 0.1) is 7.11 Å². The number of benzene rings is 1. The minimum absolute atomic E-state index is 0. The first-order chi connectivity index (χ1) is 11.7. The molecule has 0 radical (unpaired) electrons. The Morgan fingerprint density at radius 1 is 1.24 bits per heavy atom. The second-order valence-electron chi connectivity index (χ2n) is 6.41. The Hall–Kier alpha value is -0.910. The molecule has 0 heterocycles. The van der Waals surface area contributed by atoms with E-state index in [4.69, 9.17) is 15.2 Å². The molecule has 2 rings (SSSR count). The average Bonchev–Trinajstić information content (AvgIpc) is 2.61. The normalized spacial score (nSPS) is 15.9. The third-order valence-corrected chi connectivity index (χ3v) is 5.53. The zero-order valence-corrected chi connectivity index (χ0v) is 16.6. The zero-order valence-electron chi connectivity index (χ0n) is 14.9. The van der Waals surface area contributed by atoms with E-state index in [0.29, 0.717) is 12.8 Å². The molecule has 1 fully saturated rings. The van der Waals surface area contributed by atoms with E-state index in [9.17, 15) is 4.79 Å². The molecule has 1 unspecified atom stereocenters. The van der Waals surface area contributed by atoms with Crippen molar-refractivity contribution in [1.29, 1.82) is 0 Å². The molecule has 25 heavy (non-hydrogen) atoms. The second kappa shape index (κ2) is 12.4. The molecule has 0 spiro atoms. The molecule has 1 atom stereocenters. The number of ether oxygens (including phenoxy) is 2. The third-order valence-electron chi connectivity index (χ3n) is 4.33. The number of methoxy groups -OCH3 is 1. The quantitative estimate of drug-likeness (QED) is 0.639. The van der Waals surface area contributed by atoms with Crippen molar-refractivity contribution >= 4 is 30.1 Å². The summed E-state index contributed by atoms with van der Waals surface area (Å²) in [5.74, 6) is 2.56. The number of esters is 1. The lowest BCUT2D eigenvalue weighted by atomic mass is 9.98. The van der Waals surface area contributed by atoms with Crippen molar-refractivity contribution in [3.63, 3.8) is 0 Å². The van der Waals surface area contributed by atoms with Gasteiger partial charge in [-0.25, -0.2) is 0 Å². The highest BCUT2D eigenvalue weighted by Gasteiger charge is 2.18. The van der Waals surface area contributed by atoms with Gasteiger partial charge in [0.15, 0.2) is 0 Å². The van der Waals surface area contributed by atoms with Gasteiger partial charge in [-0.2, -0.15) is 11.8 Å². The highest BCUT2D eigenvalue weighted by Crippen LogP contribution is 2.21. The first-order valence-electron chi connectivity index (χ1n) is 8.83. The van der Waals surface area contributed by atoms with Gasteiger partial charge in [0.25, 0.3) is 0 Å². The molecule has 1 saturated carbocycles. The van der Waals surface area contributed by atoms with Gasteiger partial charge in [-0.05, 0) is 49.8 Å². The maximum Gasteiger partial charge on any atom is 0.306 e. The lowest BCUT2D eigenvalue weighted by Crippen LogP contribution is -2.26. The fraction of sp³-hybridized carbons (Fsp3) is 0.632. The van der Waals surface area contributed by atoms with Crippen LogP contribution in [-0.4, -0.2) is 31.0 Å². The second-order valence-corrected chi connectivity index (χ2v) is 7.44. The average molecular weight is 388 g/mol. The standard InChI is InChI=1S/C19H29NO3S.ClH/c1-22-17-10-7-15(8-11-17)13-24-14-16(20)9-12-19(21)23-18-5-3-2-4-6-18;/h7-8,10-11,16,18H,2-6,9,12-14,20H2,1H3;1H. The molecule has 4 nitrogen and oxygen atoms in total. The van der Waals surface area contributed by atoms with Gasteiger partial charge in [-0.15, -0.1) is 12.4 Å². The van der Waals surface area contributed by atoms with Gasteiger partial charge >= 0.3 is 5.97 Å². The van der Waals surface area contributed by atoms with Gasteiger partial charge in [0, 0.05) is 24.0 Å². The smallest absolute Gasteiger partial charge is 0.306 e. The lowest BCUT2D eigenvalue weighted by Gasteiger charge is -2.22. The summed E-state index contributed by atoms with van der Waals surface area (Å²) >= 11 is 1.80. The Labute approximate surface area is 161 Å². The number of hydrogen-bond acceptors (Lipinski definition) is 5. The van der Waals surface area contributed by atoms with E-state index in [1.54, 1.807) is 18.9 Å². The summed E-state index contributed by atoms with van der Waals surface area (Å²) in [4.78, 5) is 11.9. The first-order valence-corrected chi connectivity index (χ1v) is 9.98. The minimum atomic E-state index is -0.0856. The summed E-state index contributed by atoms with van der Waals surface area (Å²) in [6.07, 6.45) is 6.95. The summed E-state index contributed by atoms with van der Waals surface area (Å²) in [6.45, 7) is 0. The van der Waals surface area contributed by atoms with Crippen LogP contribution >= 0.6 is 24.2 Å². The Morgan fingerprint density at radius 2 is 1.92 bits per heavy atom. The molecule has 1 aliphatic carbocycles. The topological polar surface area (TPSA) is 61.5 Å². The fourth-order valence-corrected chi connectivity index (χ4v) is 3.88. The van der Waals surface area contributed by atoms with Gasteiger partial charge in [-0.3, -0.25) is 4.79 Å². The highest BCUT2D eigenvalue weighted by atomic mass is 35.5. The van der Waals surface area contributed by atoms with Crippen molar-refractivity contribution in [2.45, 2.75) is 62.8 Å². The number of hydrogen-bond donors (Lipinski definition) is 1. The predicted molar refractivity (Wildman–Crippen MR) is 107 cm³/mol. The fourth-order valence-electron chi connectivity index (χ4n) is 2.86. The van der Waals surface area contributed by atoms with Gasteiger partial charge < -0.3 is 15.2 Å². The number of nitrogens with two attached hydrogens (primary N) is 1. The van der Waals surface area contributed by atoms with Crippen molar-refractivity contribution in [2.75, 3.05) is 12.9 Å². The monoisotopic (exact) mass is 387 g/mol. The van der Waals surface area contributed by atoms with E-state index in [1.165, 1.54) is 24.8 Å². The van der Waals surface area contributed by atoms with Gasteiger partial charge in [0.2, 0.25) is 0 Å². The highest BCUT2D eigenvalue weighted by molar-refractivity contribution is 7.98. The molecule has 0 bridgehead atoms. The van der Waals surface area contributed by atoms with Crippen molar-refractivity contribution in [3.05, 3.63) is 29.8 Å². The molecule has 142 valence electrons. The number of carbonyl (C=O) groups excluding carboxylic acids is 1. The summed E-state index contributed by atoms with van der Waals surface area (Å²) < 4.78 is 10.7. The van der Waals surface area contributed by atoms with Crippen LogP contribution in [0.4, 0.5) is 0 Å². The van der Waals surface area contributed by atoms with E-state index in [2.05, 4.69) is 12.1 Å². The molecule has 2 N–H and O–H groups in total. The van der Waals surface area contributed by atoms with Gasteiger partial charge in [-0.1, -0.05) is 18.6 Å². The number of rotatable bonds is 9. The summed E-state index contributed by atoms with van der Waals surface area (Å²) in [5, 5.41) is 0. The molecule has 1 aliphatic rings. The first kappa shape index (κ1) is 22.1. The van der Waals surface area contributed by atoms with Crippen LogP contribution in [0.5, 0.6) is 5.75 Å². The van der Waals surface area contributed by atoms with Crippen LogP contribution in [0.2, 0.25) is 0 Å². The molecule has 0 aromatic heterocycles. The molecule has 1 aromatic rings.